The largest absolute Gasteiger partial charge is 0.497 e. The molecule has 1 N–H and O–H groups in total. The SMILES string of the molecule is COc1ccc(CCc2nnc(NC(=O)/C=C/c3ccccc3)s2)cc1. The van der Waals surface area contributed by atoms with Crippen LogP contribution in [-0.4, -0.2) is 23.2 Å². The molecule has 1 heterocycles. The fourth-order valence-corrected chi connectivity index (χ4v) is 3.07. The molecule has 0 bridgehead atoms. The molecule has 6 heteroatoms. The van der Waals surface area contributed by atoms with Crippen LogP contribution in [0.4, 0.5) is 5.13 Å². The van der Waals surface area contributed by atoms with Gasteiger partial charge in [0.2, 0.25) is 11.0 Å². The Balaban J connectivity index is 1.50. The van der Waals surface area contributed by atoms with E-state index in [0.29, 0.717) is 5.13 Å². The Morgan fingerprint density at radius 2 is 1.85 bits per heavy atom. The highest BCUT2D eigenvalue weighted by Gasteiger charge is 2.07. The van der Waals surface area contributed by atoms with Gasteiger partial charge in [-0.3, -0.25) is 10.1 Å². The first kappa shape index (κ1) is 17.8. The Labute approximate surface area is 156 Å². The van der Waals surface area contributed by atoms with Crippen molar-refractivity contribution in [2.75, 3.05) is 12.4 Å². The minimum Gasteiger partial charge on any atom is -0.497 e. The van der Waals surface area contributed by atoms with Gasteiger partial charge >= 0.3 is 0 Å². The van der Waals surface area contributed by atoms with Crippen molar-refractivity contribution in [1.82, 2.24) is 10.2 Å². The third kappa shape index (κ3) is 5.26. The van der Waals surface area contributed by atoms with Gasteiger partial charge in [0, 0.05) is 12.5 Å². The monoisotopic (exact) mass is 365 g/mol. The number of nitrogens with zero attached hydrogens (tertiary/aromatic N) is 2. The van der Waals surface area contributed by atoms with Crippen molar-refractivity contribution in [1.29, 1.82) is 0 Å². The number of hydrogen-bond donors (Lipinski definition) is 1. The van der Waals surface area contributed by atoms with Crippen LogP contribution in [0.1, 0.15) is 16.1 Å². The van der Waals surface area contributed by atoms with Crippen molar-refractivity contribution in [2.45, 2.75) is 12.8 Å². The summed E-state index contributed by atoms with van der Waals surface area (Å²) in [5, 5.41) is 12.3. The Kier molecular flexibility index (Phi) is 6.11. The van der Waals surface area contributed by atoms with Crippen LogP contribution in [0, 0.1) is 0 Å². The van der Waals surface area contributed by atoms with Crippen LogP contribution in [0.5, 0.6) is 5.75 Å². The summed E-state index contributed by atoms with van der Waals surface area (Å²) in [6, 6.07) is 17.6. The zero-order valence-electron chi connectivity index (χ0n) is 14.4. The van der Waals surface area contributed by atoms with E-state index < -0.39 is 0 Å². The molecule has 3 aromatic rings. The van der Waals surface area contributed by atoms with Gasteiger partial charge in [-0.1, -0.05) is 53.8 Å². The summed E-state index contributed by atoms with van der Waals surface area (Å²) < 4.78 is 5.15. The Morgan fingerprint density at radius 1 is 1.08 bits per heavy atom. The zero-order chi connectivity index (χ0) is 18.2. The molecule has 0 saturated carbocycles. The molecule has 0 radical (unpaired) electrons. The number of carbonyl (C=O) groups excluding carboxylic acids is 1. The predicted molar refractivity (Wildman–Crippen MR) is 104 cm³/mol. The third-order valence-electron chi connectivity index (χ3n) is 3.71. The van der Waals surface area contributed by atoms with Crippen molar-refractivity contribution in [2.24, 2.45) is 0 Å². The van der Waals surface area contributed by atoms with Gasteiger partial charge in [-0.15, -0.1) is 10.2 Å². The van der Waals surface area contributed by atoms with Gasteiger partial charge in [0.1, 0.15) is 10.8 Å². The summed E-state index contributed by atoms with van der Waals surface area (Å²) in [7, 11) is 1.65. The van der Waals surface area contributed by atoms with E-state index in [0.717, 1.165) is 29.2 Å². The highest BCUT2D eigenvalue weighted by molar-refractivity contribution is 7.15. The van der Waals surface area contributed by atoms with Crippen LogP contribution < -0.4 is 10.1 Å². The summed E-state index contributed by atoms with van der Waals surface area (Å²) in [6.45, 7) is 0. The van der Waals surface area contributed by atoms with E-state index in [1.54, 1.807) is 13.2 Å². The first-order valence-corrected chi connectivity index (χ1v) is 9.04. The molecular weight excluding hydrogens is 346 g/mol. The summed E-state index contributed by atoms with van der Waals surface area (Å²) in [5.74, 6) is 0.630. The fraction of sp³-hybridized carbons (Fsp3) is 0.150. The molecule has 0 aliphatic carbocycles. The maximum absolute atomic E-state index is 12.0. The van der Waals surface area contributed by atoms with Crippen molar-refractivity contribution in [3.63, 3.8) is 0 Å². The van der Waals surface area contributed by atoms with Gasteiger partial charge in [-0.2, -0.15) is 0 Å². The first-order chi connectivity index (χ1) is 12.7. The molecule has 5 nitrogen and oxygen atoms in total. The van der Waals surface area contributed by atoms with Gasteiger partial charge in [0.15, 0.2) is 0 Å². The molecule has 0 fully saturated rings. The van der Waals surface area contributed by atoms with Crippen LogP contribution in [0.15, 0.2) is 60.7 Å². The maximum atomic E-state index is 12.0. The number of hydrogen-bond acceptors (Lipinski definition) is 5. The number of rotatable bonds is 7. The van der Waals surface area contributed by atoms with E-state index in [1.807, 2.05) is 54.6 Å². The fourth-order valence-electron chi connectivity index (χ4n) is 2.33. The van der Waals surface area contributed by atoms with Gasteiger partial charge in [-0.25, -0.2) is 0 Å². The molecule has 0 atom stereocenters. The molecule has 0 unspecified atom stereocenters. The van der Waals surface area contributed by atoms with Crippen molar-refractivity contribution >= 4 is 28.5 Å². The summed E-state index contributed by atoms with van der Waals surface area (Å²) in [4.78, 5) is 12.0. The van der Waals surface area contributed by atoms with Crippen LogP contribution in [-0.2, 0) is 17.6 Å². The lowest BCUT2D eigenvalue weighted by molar-refractivity contribution is -0.111. The van der Waals surface area contributed by atoms with Crippen LogP contribution in [0.3, 0.4) is 0 Å². The van der Waals surface area contributed by atoms with Gasteiger partial charge in [-0.05, 0) is 35.8 Å². The van der Waals surface area contributed by atoms with E-state index in [9.17, 15) is 4.79 Å². The Bertz CT molecular complexity index is 874. The van der Waals surface area contributed by atoms with E-state index in [2.05, 4.69) is 15.5 Å². The smallest absolute Gasteiger partial charge is 0.250 e. The number of amides is 1. The Morgan fingerprint density at radius 3 is 2.58 bits per heavy atom. The minimum atomic E-state index is -0.216. The van der Waals surface area contributed by atoms with Gasteiger partial charge in [0.05, 0.1) is 7.11 Å². The average molecular weight is 365 g/mol. The second kappa shape index (κ2) is 8.92. The number of carbonyl (C=O) groups is 1. The Hall–Kier alpha value is -2.99. The number of aryl methyl sites for hydroxylation is 2. The van der Waals surface area contributed by atoms with Crippen molar-refractivity contribution in [3.8, 4) is 5.75 Å². The lowest BCUT2D eigenvalue weighted by Crippen LogP contribution is -2.07. The molecule has 0 spiro atoms. The summed E-state index contributed by atoms with van der Waals surface area (Å²) in [5.41, 5.74) is 2.18. The van der Waals surface area contributed by atoms with Crippen LogP contribution in [0.2, 0.25) is 0 Å². The van der Waals surface area contributed by atoms with Gasteiger partial charge in [0.25, 0.3) is 0 Å². The number of anilines is 1. The standard InChI is InChI=1S/C20H19N3O2S/c1-25-17-11-7-16(8-12-17)10-14-19-22-23-20(26-19)21-18(24)13-9-15-5-3-2-4-6-15/h2-9,11-13H,10,14H2,1H3,(H,21,23,24)/b13-9+. The molecule has 132 valence electrons. The normalized spacial score (nSPS) is 10.8. The lowest BCUT2D eigenvalue weighted by atomic mass is 10.1. The third-order valence-corrected chi connectivity index (χ3v) is 4.61. The predicted octanol–water partition coefficient (Wildman–Crippen LogP) is 3.98. The first-order valence-electron chi connectivity index (χ1n) is 8.22. The number of aromatic nitrogens is 2. The molecule has 0 aliphatic rings. The van der Waals surface area contributed by atoms with E-state index in [-0.39, 0.29) is 5.91 Å². The zero-order valence-corrected chi connectivity index (χ0v) is 15.2. The summed E-state index contributed by atoms with van der Waals surface area (Å²) in [6.07, 6.45) is 4.90. The number of nitrogens with one attached hydrogen (secondary N) is 1. The molecule has 2 aromatic carbocycles. The maximum Gasteiger partial charge on any atom is 0.250 e. The van der Waals surface area contributed by atoms with Crippen LogP contribution in [0.25, 0.3) is 6.08 Å². The molecule has 1 amide bonds. The van der Waals surface area contributed by atoms with Gasteiger partial charge < -0.3 is 4.74 Å². The molecule has 0 saturated heterocycles. The highest BCUT2D eigenvalue weighted by atomic mass is 32.1. The average Bonchev–Trinajstić information content (AvgIpc) is 3.13. The number of ether oxygens (including phenoxy) is 1. The van der Waals surface area contributed by atoms with Crippen molar-refractivity contribution < 1.29 is 9.53 Å². The highest BCUT2D eigenvalue weighted by Crippen LogP contribution is 2.18. The molecule has 0 aliphatic heterocycles. The van der Waals surface area contributed by atoms with E-state index in [1.165, 1.54) is 23.0 Å². The topological polar surface area (TPSA) is 64.1 Å². The second-order valence-electron chi connectivity index (χ2n) is 5.58. The van der Waals surface area contributed by atoms with Crippen molar-refractivity contribution in [3.05, 3.63) is 76.8 Å². The molecule has 26 heavy (non-hydrogen) atoms. The lowest BCUT2D eigenvalue weighted by Gasteiger charge is -2.01. The number of methoxy groups -OCH3 is 1. The molecular formula is C20H19N3O2S. The van der Waals surface area contributed by atoms with E-state index >= 15 is 0 Å². The van der Waals surface area contributed by atoms with E-state index in [4.69, 9.17) is 4.74 Å². The van der Waals surface area contributed by atoms with Crippen LogP contribution >= 0.6 is 11.3 Å². The molecule has 3 rings (SSSR count). The molecule has 1 aromatic heterocycles. The summed E-state index contributed by atoms with van der Waals surface area (Å²) >= 11 is 1.40. The quantitative estimate of drug-likeness (QED) is 0.643. The number of benzene rings is 2. The minimum absolute atomic E-state index is 0.216. The second-order valence-corrected chi connectivity index (χ2v) is 6.64.